The van der Waals surface area contributed by atoms with E-state index in [1.165, 1.54) is 12.8 Å². The van der Waals surface area contributed by atoms with Crippen molar-refractivity contribution in [2.75, 3.05) is 24.6 Å². The van der Waals surface area contributed by atoms with E-state index in [1.54, 1.807) is 12.1 Å². The summed E-state index contributed by atoms with van der Waals surface area (Å²) in [7, 11) is 0. The molecule has 2 heterocycles. The van der Waals surface area contributed by atoms with Gasteiger partial charge in [0.15, 0.2) is 0 Å². The average Bonchev–Trinajstić information content (AvgIpc) is 3.31. The zero-order valence-corrected chi connectivity index (χ0v) is 17.3. The topological polar surface area (TPSA) is 70.4 Å². The third kappa shape index (κ3) is 3.95. The number of hydrogen-bond donors (Lipinski definition) is 2. The first kappa shape index (κ1) is 19.8. The number of imidazole rings is 1. The number of amides is 1. The molecule has 1 amide bonds. The van der Waals surface area contributed by atoms with Gasteiger partial charge in [0.05, 0.1) is 27.7 Å². The van der Waals surface area contributed by atoms with Gasteiger partial charge in [-0.3, -0.25) is 4.79 Å². The Morgan fingerprint density at radius 1 is 1.14 bits per heavy atom. The number of benzene rings is 1. The molecule has 0 bridgehead atoms. The van der Waals surface area contributed by atoms with E-state index in [-0.39, 0.29) is 18.4 Å². The molecular weight excluding hydrogens is 399 g/mol. The van der Waals surface area contributed by atoms with Crippen LogP contribution in [0, 0.1) is 5.92 Å². The van der Waals surface area contributed by atoms with Crippen LogP contribution in [0.4, 0.5) is 5.95 Å². The summed E-state index contributed by atoms with van der Waals surface area (Å²) in [6.07, 6.45) is 6.28. The molecule has 1 aromatic heterocycles. The summed E-state index contributed by atoms with van der Waals surface area (Å²) in [4.78, 5) is 19.5. The second-order valence-electron chi connectivity index (χ2n) is 7.79. The van der Waals surface area contributed by atoms with Crippen LogP contribution in [0.5, 0.6) is 0 Å². The molecule has 152 valence electrons. The van der Waals surface area contributed by atoms with E-state index in [2.05, 4.69) is 10.2 Å². The van der Waals surface area contributed by atoms with Gasteiger partial charge in [-0.25, -0.2) is 4.98 Å². The number of fused-ring (bicyclic) bond motifs is 1. The summed E-state index contributed by atoms with van der Waals surface area (Å²) >= 11 is 12.3. The van der Waals surface area contributed by atoms with Crippen LogP contribution >= 0.6 is 23.2 Å². The van der Waals surface area contributed by atoms with Crippen molar-refractivity contribution in [3.8, 4) is 0 Å². The molecule has 1 saturated carbocycles. The Morgan fingerprint density at radius 2 is 1.82 bits per heavy atom. The molecule has 0 atom stereocenters. The summed E-state index contributed by atoms with van der Waals surface area (Å²) in [6, 6.07) is 3.93. The highest BCUT2D eigenvalue weighted by atomic mass is 35.5. The first-order chi connectivity index (χ1) is 13.6. The summed E-state index contributed by atoms with van der Waals surface area (Å²) in [5.74, 6) is 1.07. The van der Waals surface area contributed by atoms with E-state index in [1.807, 2.05) is 4.57 Å². The molecule has 1 aromatic carbocycles. The number of carbonyl (C=O) groups is 1. The van der Waals surface area contributed by atoms with Crippen LogP contribution in [0.15, 0.2) is 12.1 Å². The van der Waals surface area contributed by atoms with Crippen LogP contribution in [0.25, 0.3) is 11.0 Å². The molecular formula is C20H26Cl2N4O2. The van der Waals surface area contributed by atoms with Gasteiger partial charge >= 0.3 is 0 Å². The third-order valence-corrected chi connectivity index (χ3v) is 6.67. The lowest BCUT2D eigenvalue weighted by Gasteiger charge is -2.32. The molecule has 1 saturated heterocycles. The summed E-state index contributed by atoms with van der Waals surface area (Å²) in [6.45, 7) is 1.97. The Balaban J connectivity index is 1.48. The Labute approximate surface area is 174 Å². The van der Waals surface area contributed by atoms with Crippen molar-refractivity contribution in [1.29, 1.82) is 0 Å². The van der Waals surface area contributed by atoms with Gasteiger partial charge in [0.2, 0.25) is 11.9 Å². The fourth-order valence-electron chi connectivity index (χ4n) is 4.40. The molecule has 0 spiro atoms. The van der Waals surface area contributed by atoms with E-state index in [0.29, 0.717) is 22.6 Å². The Hall–Kier alpha value is -1.50. The number of nitrogens with zero attached hydrogens (tertiary/aromatic N) is 3. The van der Waals surface area contributed by atoms with Gasteiger partial charge in [-0.1, -0.05) is 36.0 Å². The maximum atomic E-state index is 12.6. The predicted octanol–water partition coefficient (Wildman–Crippen LogP) is 3.61. The van der Waals surface area contributed by atoms with Crippen molar-refractivity contribution in [3.63, 3.8) is 0 Å². The van der Waals surface area contributed by atoms with Crippen LogP contribution in [-0.4, -0.2) is 46.3 Å². The molecule has 28 heavy (non-hydrogen) atoms. The molecule has 1 aliphatic heterocycles. The maximum absolute atomic E-state index is 12.6. The average molecular weight is 425 g/mol. The molecule has 0 radical (unpaired) electrons. The lowest BCUT2D eigenvalue weighted by Crippen LogP contribution is -2.43. The maximum Gasteiger partial charge on any atom is 0.223 e. The quantitative estimate of drug-likeness (QED) is 0.768. The fourth-order valence-corrected chi connectivity index (χ4v) is 4.72. The zero-order valence-electron chi connectivity index (χ0n) is 15.8. The summed E-state index contributed by atoms with van der Waals surface area (Å²) in [5.41, 5.74) is 1.62. The number of anilines is 1. The number of aliphatic hydroxyl groups is 1. The number of halogens is 2. The van der Waals surface area contributed by atoms with Gasteiger partial charge in [-0.2, -0.15) is 0 Å². The van der Waals surface area contributed by atoms with Gasteiger partial charge in [0.1, 0.15) is 0 Å². The Kier molecular flexibility index (Phi) is 5.99. The molecule has 2 N–H and O–H groups in total. The first-order valence-corrected chi connectivity index (χ1v) is 10.8. The second-order valence-corrected chi connectivity index (χ2v) is 8.61. The first-order valence-electron chi connectivity index (χ1n) is 10.1. The fraction of sp³-hybridized carbons (Fsp3) is 0.600. The minimum atomic E-state index is 0.0129. The number of carbonyl (C=O) groups excluding carboxylic acids is 1. The zero-order chi connectivity index (χ0) is 19.7. The largest absolute Gasteiger partial charge is 0.395 e. The van der Waals surface area contributed by atoms with Gasteiger partial charge in [-0.05, 0) is 37.8 Å². The smallest absolute Gasteiger partial charge is 0.223 e. The minimum absolute atomic E-state index is 0.0129. The summed E-state index contributed by atoms with van der Waals surface area (Å²) < 4.78 is 1.98. The minimum Gasteiger partial charge on any atom is -0.395 e. The van der Waals surface area contributed by atoms with Crippen LogP contribution in [0.2, 0.25) is 10.0 Å². The van der Waals surface area contributed by atoms with Gasteiger partial charge in [0, 0.05) is 31.6 Å². The van der Waals surface area contributed by atoms with Gasteiger partial charge in [0.25, 0.3) is 0 Å². The number of rotatable bonds is 5. The van der Waals surface area contributed by atoms with E-state index >= 15 is 0 Å². The molecule has 2 aromatic rings. The molecule has 8 heteroatoms. The number of hydrogen-bond acceptors (Lipinski definition) is 4. The SMILES string of the molecule is O=C(NC1CCCC1)C1CCN(c2nc3cc(Cl)c(Cl)cc3n2CCO)CC1. The van der Waals surface area contributed by atoms with Crippen molar-refractivity contribution in [3.05, 3.63) is 22.2 Å². The standard InChI is InChI=1S/C20H26Cl2N4O2/c21-15-11-17-18(12-16(15)22)26(9-10-27)20(24-17)25-7-5-13(6-8-25)19(28)23-14-3-1-2-4-14/h11-14,27H,1-10H2,(H,23,28). The lowest BCUT2D eigenvalue weighted by atomic mass is 9.95. The number of piperidine rings is 1. The monoisotopic (exact) mass is 424 g/mol. The molecule has 4 rings (SSSR count). The van der Waals surface area contributed by atoms with Crippen molar-refractivity contribution >= 4 is 46.1 Å². The van der Waals surface area contributed by atoms with E-state index in [9.17, 15) is 9.90 Å². The van der Waals surface area contributed by atoms with E-state index in [0.717, 1.165) is 55.8 Å². The van der Waals surface area contributed by atoms with E-state index < -0.39 is 0 Å². The van der Waals surface area contributed by atoms with Crippen molar-refractivity contribution in [1.82, 2.24) is 14.9 Å². The number of nitrogens with one attached hydrogen (secondary N) is 1. The molecule has 6 nitrogen and oxygen atoms in total. The van der Waals surface area contributed by atoms with Crippen molar-refractivity contribution in [2.24, 2.45) is 5.92 Å². The molecule has 2 fully saturated rings. The predicted molar refractivity (Wildman–Crippen MR) is 112 cm³/mol. The Bertz CT molecular complexity index is 855. The summed E-state index contributed by atoms with van der Waals surface area (Å²) in [5, 5.41) is 13.7. The van der Waals surface area contributed by atoms with E-state index in [4.69, 9.17) is 28.2 Å². The third-order valence-electron chi connectivity index (χ3n) is 5.94. The molecule has 1 aliphatic carbocycles. The van der Waals surface area contributed by atoms with Crippen LogP contribution < -0.4 is 10.2 Å². The number of aliphatic hydroxyl groups excluding tert-OH is 1. The van der Waals surface area contributed by atoms with Crippen LogP contribution in [0.1, 0.15) is 38.5 Å². The number of aromatic nitrogens is 2. The highest BCUT2D eigenvalue weighted by Crippen LogP contribution is 2.32. The van der Waals surface area contributed by atoms with Gasteiger partial charge < -0.3 is 19.9 Å². The van der Waals surface area contributed by atoms with Crippen LogP contribution in [0.3, 0.4) is 0 Å². The highest BCUT2D eigenvalue weighted by Gasteiger charge is 2.29. The van der Waals surface area contributed by atoms with Crippen molar-refractivity contribution < 1.29 is 9.90 Å². The highest BCUT2D eigenvalue weighted by molar-refractivity contribution is 6.42. The molecule has 2 aliphatic rings. The van der Waals surface area contributed by atoms with Crippen LogP contribution in [-0.2, 0) is 11.3 Å². The normalized spacial score (nSPS) is 18.9. The Morgan fingerprint density at radius 3 is 2.50 bits per heavy atom. The van der Waals surface area contributed by atoms with Crippen molar-refractivity contribution in [2.45, 2.75) is 51.1 Å². The molecule has 0 unspecified atom stereocenters. The van der Waals surface area contributed by atoms with Gasteiger partial charge in [-0.15, -0.1) is 0 Å². The lowest BCUT2D eigenvalue weighted by molar-refractivity contribution is -0.126. The second kappa shape index (κ2) is 8.47.